The summed E-state index contributed by atoms with van der Waals surface area (Å²) >= 11 is 0. The SMILES string of the molecule is C=Nc1nc2ccccc2c2c(CC(C)(C)NS(C)(=O)=O)n(CCC)nc12. The van der Waals surface area contributed by atoms with Crippen molar-refractivity contribution in [2.75, 3.05) is 6.26 Å². The van der Waals surface area contributed by atoms with Crippen molar-refractivity contribution >= 4 is 44.4 Å². The number of sulfonamides is 1. The molecule has 3 aromatic rings. The first kappa shape index (κ1) is 19.4. The van der Waals surface area contributed by atoms with Crippen LogP contribution in [-0.4, -0.2) is 41.7 Å². The van der Waals surface area contributed by atoms with Crippen LogP contribution in [0.3, 0.4) is 0 Å². The lowest BCUT2D eigenvalue weighted by atomic mass is 9.96. The topological polar surface area (TPSA) is 89.2 Å². The predicted molar refractivity (Wildman–Crippen MR) is 110 cm³/mol. The third kappa shape index (κ3) is 4.01. The van der Waals surface area contributed by atoms with Gasteiger partial charge in [-0.2, -0.15) is 5.10 Å². The average molecular weight is 388 g/mol. The number of pyridine rings is 1. The van der Waals surface area contributed by atoms with Gasteiger partial charge in [0.15, 0.2) is 5.82 Å². The monoisotopic (exact) mass is 387 g/mol. The van der Waals surface area contributed by atoms with Gasteiger partial charge in [-0.05, 0) is 33.1 Å². The number of aliphatic imine (C=N–C) groups is 1. The molecule has 0 saturated heterocycles. The standard InChI is InChI=1S/C19H25N5O2S/c1-6-11-24-15(12-19(2,3)23-27(5,25)26)16-13-9-7-8-10-14(13)21-18(20-4)17(16)22-24/h7-10,23H,4,6,11-12H2,1-3,5H3. The minimum Gasteiger partial charge on any atom is -0.268 e. The maximum atomic E-state index is 11.8. The number of nitrogens with zero attached hydrogens (tertiary/aromatic N) is 4. The van der Waals surface area contributed by atoms with E-state index in [0.717, 1.165) is 34.9 Å². The van der Waals surface area contributed by atoms with Crippen LogP contribution in [0.25, 0.3) is 21.8 Å². The zero-order valence-electron chi connectivity index (χ0n) is 16.2. The predicted octanol–water partition coefficient (Wildman–Crippen LogP) is 3.20. The van der Waals surface area contributed by atoms with Crippen LogP contribution in [0.5, 0.6) is 0 Å². The summed E-state index contributed by atoms with van der Waals surface area (Å²) in [5.41, 5.74) is 1.82. The summed E-state index contributed by atoms with van der Waals surface area (Å²) < 4.78 is 28.3. The van der Waals surface area contributed by atoms with Crippen LogP contribution in [0.2, 0.25) is 0 Å². The lowest BCUT2D eigenvalue weighted by Crippen LogP contribution is -2.44. The summed E-state index contributed by atoms with van der Waals surface area (Å²) in [5, 5.41) is 6.68. The highest BCUT2D eigenvalue weighted by Crippen LogP contribution is 2.34. The Labute approximate surface area is 159 Å². The molecule has 1 aromatic carbocycles. The van der Waals surface area contributed by atoms with Crippen LogP contribution >= 0.6 is 0 Å². The number of rotatable bonds is 7. The number of benzene rings is 1. The van der Waals surface area contributed by atoms with Crippen LogP contribution in [0, 0.1) is 0 Å². The molecule has 0 amide bonds. The third-order valence-corrected chi connectivity index (χ3v) is 5.25. The second-order valence-electron chi connectivity index (χ2n) is 7.44. The van der Waals surface area contributed by atoms with E-state index >= 15 is 0 Å². The molecular formula is C19H25N5O2S. The van der Waals surface area contributed by atoms with Gasteiger partial charge in [-0.3, -0.25) is 4.68 Å². The van der Waals surface area contributed by atoms with E-state index in [0.29, 0.717) is 17.8 Å². The van der Waals surface area contributed by atoms with E-state index in [2.05, 4.69) is 28.3 Å². The van der Waals surface area contributed by atoms with Crippen molar-refractivity contribution in [2.24, 2.45) is 4.99 Å². The summed E-state index contributed by atoms with van der Waals surface area (Å²) in [4.78, 5) is 8.65. The van der Waals surface area contributed by atoms with Crippen molar-refractivity contribution in [3.8, 4) is 0 Å². The van der Waals surface area contributed by atoms with Gasteiger partial charge in [0.25, 0.3) is 0 Å². The second-order valence-corrected chi connectivity index (χ2v) is 9.19. The molecule has 0 unspecified atom stereocenters. The second kappa shape index (κ2) is 7.01. The van der Waals surface area contributed by atoms with Crippen molar-refractivity contribution in [3.63, 3.8) is 0 Å². The lowest BCUT2D eigenvalue weighted by molar-refractivity contribution is 0.433. The van der Waals surface area contributed by atoms with E-state index in [1.165, 1.54) is 6.26 Å². The summed E-state index contributed by atoms with van der Waals surface area (Å²) in [7, 11) is -3.34. The van der Waals surface area contributed by atoms with Gasteiger partial charge in [0, 0.05) is 35.0 Å². The summed E-state index contributed by atoms with van der Waals surface area (Å²) in [5.74, 6) is 0.494. The molecule has 0 fully saturated rings. The van der Waals surface area contributed by atoms with Gasteiger partial charge in [-0.15, -0.1) is 0 Å². The van der Waals surface area contributed by atoms with Crippen LogP contribution in [0.15, 0.2) is 29.3 Å². The Morgan fingerprint density at radius 1 is 1.30 bits per heavy atom. The van der Waals surface area contributed by atoms with Gasteiger partial charge in [0.2, 0.25) is 10.0 Å². The minimum atomic E-state index is -3.34. The molecule has 0 aliphatic rings. The first-order valence-electron chi connectivity index (χ1n) is 8.89. The smallest absolute Gasteiger partial charge is 0.209 e. The number of nitrogens with one attached hydrogen (secondary N) is 1. The van der Waals surface area contributed by atoms with Gasteiger partial charge in [0.05, 0.1) is 11.8 Å². The zero-order valence-corrected chi connectivity index (χ0v) is 17.0. The molecule has 0 aliphatic heterocycles. The molecular weight excluding hydrogens is 362 g/mol. The fourth-order valence-electron chi connectivity index (χ4n) is 3.53. The molecule has 7 nitrogen and oxygen atoms in total. The molecule has 2 aromatic heterocycles. The van der Waals surface area contributed by atoms with Crippen LogP contribution in [-0.2, 0) is 23.0 Å². The van der Waals surface area contributed by atoms with E-state index in [1.54, 1.807) is 0 Å². The van der Waals surface area contributed by atoms with E-state index in [1.807, 2.05) is 42.8 Å². The largest absolute Gasteiger partial charge is 0.268 e. The number of hydrogen-bond acceptors (Lipinski definition) is 5. The third-order valence-electron chi connectivity index (χ3n) is 4.33. The van der Waals surface area contributed by atoms with Gasteiger partial charge >= 0.3 is 0 Å². The molecule has 27 heavy (non-hydrogen) atoms. The molecule has 0 bridgehead atoms. The molecule has 2 heterocycles. The van der Waals surface area contributed by atoms with Crippen LogP contribution in [0.4, 0.5) is 5.82 Å². The maximum absolute atomic E-state index is 11.8. The van der Waals surface area contributed by atoms with E-state index < -0.39 is 15.6 Å². The molecule has 8 heteroatoms. The normalized spacial score (nSPS) is 12.7. The Kier molecular flexibility index (Phi) is 5.05. The first-order valence-corrected chi connectivity index (χ1v) is 10.8. The van der Waals surface area contributed by atoms with Crippen molar-refractivity contribution in [3.05, 3.63) is 30.0 Å². The summed E-state index contributed by atoms with van der Waals surface area (Å²) in [6, 6.07) is 7.84. The quantitative estimate of drug-likeness (QED) is 0.631. The maximum Gasteiger partial charge on any atom is 0.209 e. The highest BCUT2D eigenvalue weighted by molar-refractivity contribution is 7.88. The molecule has 0 aliphatic carbocycles. The molecule has 3 rings (SSSR count). The molecule has 1 N–H and O–H groups in total. The van der Waals surface area contributed by atoms with E-state index in [-0.39, 0.29) is 0 Å². The van der Waals surface area contributed by atoms with Gasteiger partial charge in [0.1, 0.15) is 5.52 Å². The number of aromatic nitrogens is 3. The highest BCUT2D eigenvalue weighted by Gasteiger charge is 2.27. The molecule has 0 saturated carbocycles. The van der Waals surface area contributed by atoms with E-state index in [9.17, 15) is 8.42 Å². The summed E-state index contributed by atoms with van der Waals surface area (Å²) in [6.45, 7) is 10.2. The number of aryl methyl sites for hydroxylation is 1. The van der Waals surface area contributed by atoms with Crippen molar-refractivity contribution in [1.82, 2.24) is 19.5 Å². The van der Waals surface area contributed by atoms with Crippen LogP contribution < -0.4 is 4.72 Å². The van der Waals surface area contributed by atoms with E-state index in [4.69, 9.17) is 5.10 Å². The lowest BCUT2D eigenvalue weighted by Gasteiger charge is -2.25. The number of hydrogen-bond donors (Lipinski definition) is 1. The van der Waals surface area contributed by atoms with Gasteiger partial charge < -0.3 is 0 Å². The van der Waals surface area contributed by atoms with Gasteiger partial charge in [-0.25, -0.2) is 23.1 Å². The Balaban J connectivity index is 2.30. The minimum absolute atomic E-state index is 0.487. The highest BCUT2D eigenvalue weighted by atomic mass is 32.2. The Bertz CT molecular complexity index is 1120. The number of fused-ring (bicyclic) bond motifs is 3. The van der Waals surface area contributed by atoms with Crippen LogP contribution in [0.1, 0.15) is 32.9 Å². The molecule has 0 radical (unpaired) electrons. The zero-order chi connectivity index (χ0) is 19.8. The molecule has 0 atom stereocenters. The Morgan fingerprint density at radius 2 is 2.00 bits per heavy atom. The average Bonchev–Trinajstić information content (AvgIpc) is 2.90. The first-order chi connectivity index (χ1) is 12.6. The van der Waals surface area contributed by atoms with Crippen molar-refractivity contribution in [2.45, 2.75) is 45.7 Å². The molecule has 0 spiro atoms. The van der Waals surface area contributed by atoms with Crippen molar-refractivity contribution < 1.29 is 8.42 Å². The van der Waals surface area contributed by atoms with Crippen molar-refractivity contribution in [1.29, 1.82) is 0 Å². The fourth-order valence-corrected chi connectivity index (χ4v) is 4.61. The number of para-hydroxylation sites is 1. The fraction of sp³-hybridized carbons (Fsp3) is 0.421. The summed E-state index contributed by atoms with van der Waals surface area (Å²) in [6.07, 6.45) is 2.57. The molecule has 144 valence electrons. The Hall–Kier alpha value is -2.32. The van der Waals surface area contributed by atoms with Gasteiger partial charge in [-0.1, -0.05) is 25.1 Å². The Morgan fingerprint density at radius 3 is 2.63 bits per heavy atom.